The fraction of sp³-hybridized carbons (Fsp3) is 0.375. The van der Waals surface area contributed by atoms with E-state index in [4.69, 9.17) is 5.26 Å². The number of halogens is 2. The molecule has 0 radical (unpaired) electrons. The fourth-order valence-electron chi connectivity index (χ4n) is 3.46. The van der Waals surface area contributed by atoms with Crippen LogP contribution in [0.4, 0.5) is 8.78 Å². The van der Waals surface area contributed by atoms with Gasteiger partial charge in [0.25, 0.3) is 0 Å². The lowest BCUT2D eigenvalue weighted by Crippen LogP contribution is -2.48. The molecule has 0 unspecified atom stereocenters. The van der Waals surface area contributed by atoms with Crippen LogP contribution in [-0.2, 0) is 5.54 Å². The van der Waals surface area contributed by atoms with Gasteiger partial charge in [-0.1, -0.05) is 0 Å². The first kappa shape index (κ1) is 14.8. The van der Waals surface area contributed by atoms with E-state index >= 15 is 0 Å². The van der Waals surface area contributed by atoms with E-state index in [-0.39, 0.29) is 19.3 Å². The van der Waals surface area contributed by atoms with E-state index < -0.39 is 17.9 Å². The van der Waals surface area contributed by atoms with Crippen LogP contribution in [0, 0.1) is 17.2 Å². The minimum Gasteiger partial charge on any atom is -0.346 e. The predicted octanol–water partition coefficient (Wildman–Crippen LogP) is 3.11. The largest absolute Gasteiger partial charge is 0.346 e. The van der Waals surface area contributed by atoms with E-state index in [1.165, 1.54) is 6.33 Å². The van der Waals surface area contributed by atoms with Gasteiger partial charge >= 0.3 is 0 Å². The zero-order valence-electron chi connectivity index (χ0n) is 12.7. The van der Waals surface area contributed by atoms with Crippen LogP contribution < -0.4 is 0 Å². The molecule has 3 aromatic rings. The summed E-state index contributed by atoms with van der Waals surface area (Å²) >= 11 is 0. The second-order valence-corrected chi connectivity index (χ2v) is 6.20. The molecule has 0 aliphatic heterocycles. The standard InChI is InChI=1S/C16H14F2N6/c17-14(18)10-5-16(6-10,2-3-19)24-8-11(7-23-24)13-12-1-4-20-15(12)22-9-21-13/h1,4,7-10,14H,2,5-6H2,(H,20,21,22). The lowest BCUT2D eigenvalue weighted by Gasteiger charge is -2.46. The average Bonchev–Trinajstić information content (AvgIpc) is 3.18. The van der Waals surface area contributed by atoms with Crippen molar-refractivity contribution in [1.82, 2.24) is 24.7 Å². The first-order chi connectivity index (χ1) is 11.6. The van der Waals surface area contributed by atoms with Crippen LogP contribution >= 0.6 is 0 Å². The van der Waals surface area contributed by atoms with E-state index in [9.17, 15) is 8.78 Å². The van der Waals surface area contributed by atoms with Crippen molar-refractivity contribution in [2.45, 2.75) is 31.2 Å². The number of hydrogen-bond donors (Lipinski definition) is 1. The van der Waals surface area contributed by atoms with Crippen LogP contribution in [0.1, 0.15) is 19.3 Å². The molecule has 122 valence electrons. The Morgan fingerprint density at radius 1 is 1.42 bits per heavy atom. The minimum absolute atomic E-state index is 0.167. The summed E-state index contributed by atoms with van der Waals surface area (Å²) in [5.41, 5.74) is 1.59. The maximum Gasteiger partial charge on any atom is 0.241 e. The van der Waals surface area contributed by atoms with Crippen molar-refractivity contribution in [3.05, 3.63) is 31.0 Å². The molecule has 24 heavy (non-hydrogen) atoms. The highest BCUT2D eigenvalue weighted by atomic mass is 19.3. The van der Waals surface area contributed by atoms with Gasteiger partial charge in [-0.25, -0.2) is 18.7 Å². The zero-order chi connectivity index (χ0) is 16.7. The van der Waals surface area contributed by atoms with E-state index in [1.807, 2.05) is 6.07 Å². The van der Waals surface area contributed by atoms with Crippen LogP contribution in [0.25, 0.3) is 22.3 Å². The minimum atomic E-state index is -2.35. The van der Waals surface area contributed by atoms with Crippen molar-refractivity contribution in [1.29, 1.82) is 5.26 Å². The van der Waals surface area contributed by atoms with Gasteiger partial charge in [0.2, 0.25) is 6.43 Å². The van der Waals surface area contributed by atoms with Gasteiger partial charge < -0.3 is 4.98 Å². The topological polar surface area (TPSA) is 83.2 Å². The number of rotatable bonds is 4. The smallest absolute Gasteiger partial charge is 0.241 e. The Balaban J connectivity index is 1.70. The second-order valence-electron chi connectivity index (χ2n) is 6.20. The molecule has 6 nitrogen and oxygen atoms in total. The molecule has 0 saturated heterocycles. The van der Waals surface area contributed by atoms with Gasteiger partial charge in [-0.05, 0) is 18.9 Å². The molecule has 0 aromatic carbocycles. The average molecular weight is 328 g/mol. The molecule has 4 rings (SSSR count). The summed E-state index contributed by atoms with van der Waals surface area (Å²) in [7, 11) is 0. The molecule has 8 heteroatoms. The van der Waals surface area contributed by atoms with Gasteiger partial charge in [0.15, 0.2) is 0 Å². The predicted molar refractivity (Wildman–Crippen MR) is 82.0 cm³/mol. The number of nitriles is 1. The van der Waals surface area contributed by atoms with Gasteiger partial charge in [0.05, 0.1) is 29.9 Å². The second kappa shape index (κ2) is 5.37. The van der Waals surface area contributed by atoms with Crippen LogP contribution in [0.5, 0.6) is 0 Å². The highest BCUT2D eigenvalue weighted by molar-refractivity contribution is 5.89. The molecule has 0 amide bonds. The lowest BCUT2D eigenvalue weighted by molar-refractivity contribution is -0.0473. The third-order valence-electron chi connectivity index (χ3n) is 4.74. The molecule has 1 saturated carbocycles. The highest BCUT2D eigenvalue weighted by Crippen LogP contribution is 2.48. The molecule has 0 bridgehead atoms. The number of aromatic nitrogens is 5. The molecule has 1 aliphatic carbocycles. The molecule has 3 heterocycles. The molecular weight excluding hydrogens is 314 g/mol. The Morgan fingerprint density at radius 3 is 3.00 bits per heavy atom. The van der Waals surface area contributed by atoms with E-state index in [0.29, 0.717) is 0 Å². The van der Waals surface area contributed by atoms with Crippen LogP contribution in [0.3, 0.4) is 0 Å². The summed E-state index contributed by atoms with van der Waals surface area (Å²) in [4.78, 5) is 11.5. The first-order valence-electron chi connectivity index (χ1n) is 7.62. The van der Waals surface area contributed by atoms with Gasteiger partial charge in [0, 0.05) is 29.3 Å². The summed E-state index contributed by atoms with van der Waals surface area (Å²) in [5, 5.41) is 14.3. The van der Waals surface area contributed by atoms with Gasteiger partial charge in [-0.15, -0.1) is 0 Å². The summed E-state index contributed by atoms with van der Waals surface area (Å²) < 4.78 is 27.4. The van der Waals surface area contributed by atoms with Crippen LogP contribution in [-0.4, -0.2) is 31.2 Å². The summed E-state index contributed by atoms with van der Waals surface area (Å²) in [6.45, 7) is 0. The number of aromatic amines is 1. The third-order valence-corrected chi connectivity index (χ3v) is 4.74. The number of H-pyrrole nitrogens is 1. The lowest BCUT2D eigenvalue weighted by atomic mass is 9.67. The number of nitrogens with one attached hydrogen (secondary N) is 1. The number of alkyl halides is 2. The summed E-state index contributed by atoms with van der Waals surface area (Å²) in [6, 6.07) is 3.98. The summed E-state index contributed by atoms with van der Waals surface area (Å²) in [6.07, 6.45) is 5.04. The van der Waals surface area contributed by atoms with Crippen LogP contribution in [0.2, 0.25) is 0 Å². The molecular formula is C16H14F2N6. The summed E-state index contributed by atoms with van der Waals surface area (Å²) in [5.74, 6) is -0.665. The highest BCUT2D eigenvalue weighted by Gasteiger charge is 2.50. The Hall–Kier alpha value is -2.82. The maximum atomic E-state index is 12.9. The molecule has 1 fully saturated rings. The molecule has 0 spiro atoms. The normalized spacial score (nSPS) is 23.3. The fourth-order valence-corrected chi connectivity index (χ4v) is 3.46. The third kappa shape index (κ3) is 2.16. The van der Waals surface area contributed by atoms with Crippen molar-refractivity contribution >= 4 is 11.0 Å². The van der Waals surface area contributed by atoms with Crippen molar-refractivity contribution in [3.63, 3.8) is 0 Å². The maximum absolute atomic E-state index is 12.9. The molecule has 1 aliphatic rings. The van der Waals surface area contributed by atoms with Gasteiger partial charge in [-0.2, -0.15) is 10.4 Å². The van der Waals surface area contributed by atoms with Gasteiger partial charge in [-0.3, -0.25) is 4.68 Å². The van der Waals surface area contributed by atoms with Gasteiger partial charge in [0.1, 0.15) is 12.0 Å². The Morgan fingerprint density at radius 2 is 2.25 bits per heavy atom. The molecule has 0 atom stereocenters. The number of hydrogen-bond acceptors (Lipinski definition) is 4. The van der Waals surface area contributed by atoms with Crippen molar-refractivity contribution < 1.29 is 8.78 Å². The van der Waals surface area contributed by atoms with Crippen molar-refractivity contribution in [3.8, 4) is 17.3 Å². The number of nitrogens with zero attached hydrogens (tertiary/aromatic N) is 5. The van der Waals surface area contributed by atoms with E-state index in [0.717, 1.165) is 22.3 Å². The molecule has 1 N–H and O–H groups in total. The van der Waals surface area contributed by atoms with E-state index in [1.54, 1.807) is 23.3 Å². The van der Waals surface area contributed by atoms with Crippen molar-refractivity contribution in [2.75, 3.05) is 0 Å². The first-order valence-corrected chi connectivity index (χ1v) is 7.62. The molecule has 3 aromatic heterocycles. The zero-order valence-corrected chi connectivity index (χ0v) is 12.7. The Kier molecular flexibility index (Phi) is 3.30. The number of fused-ring (bicyclic) bond motifs is 1. The Bertz CT molecular complexity index is 916. The monoisotopic (exact) mass is 328 g/mol. The van der Waals surface area contributed by atoms with Crippen LogP contribution in [0.15, 0.2) is 31.0 Å². The quantitative estimate of drug-likeness (QED) is 0.797. The Labute approximate surface area is 136 Å². The van der Waals surface area contributed by atoms with Crippen molar-refractivity contribution in [2.24, 2.45) is 5.92 Å². The van der Waals surface area contributed by atoms with E-state index in [2.05, 4.69) is 26.1 Å². The SMILES string of the molecule is N#CCC1(n2cc(-c3ncnc4[nH]ccc34)cn2)CC(C(F)F)C1.